The summed E-state index contributed by atoms with van der Waals surface area (Å²) >= 11 is 0. The summed E-state index contributed by atoms with van der Waals surface area (Å²) in [7, 11) is 0. The van der Waals surface area contributed by atoms with Crippen molar-refractivity contribution in [2.24, 2.45) is 0 Å². The van der Waals surface area contributed by atoms with Crippen molar-refractivity contribution >= 4 is 17.2 Å². The van der Waals surface area contributed by atoms with Crippen LogP contribution in [0.3, 0.4) is 0 Å². The van der Waals surface area contributed by atoms with Gasteiger partial charge in [0.1, 0.15) is 6.04 Å². The van der Waals surface area contributed by atoms with E-state index in [9.17, 15) is 4.79 Å². The van der Waals surface area contributed by atoms with Crippen LogP contribution in [0.25, 0.3) is 4.85 Å². The first-order chi connectivity index (χ1) is 8.01. The molecule has 0 heterocycles. The molecule has 1 aromatic rings. The van der Waals surface area contributed by atoms with Gasteiger partial charge in [-0.25, -0.2) is 4.85 Å². The lowest BCUT2D eigenvalue weighted by Crippen LogP contribution is -2.31. The van der Waals surface area contributed by atoms with Crippen molar-refractivity contribution in [1.29, 1.82) is 0 Å². The van der Waals surface area contributed by atoms with Gasteiger partial charge in [0.25, 0.3) is 0 Å². The summed E-state index contributed by atoms with van der Waals surface area (Å²) in [5.74, 6) is -0.112. The third-order valence-corrected chi connectivity index (χ3v) is 2.88. The fourth-order valence-corrected chi connectivity index (χ4v) is 1.55. The Labute approximate surface area is 101 Å². The van der Waals surface area contributed by atoms with Crippen molar-refractivity contribution in [1.82, 2.24) is 0 Å². The molecule has 90 valence electrons. The summed E-state index contributed by atoms with van der Waals surface area (Å²) < 4.78 is 0. The molecular weight excluding hydrogens is 216 g/mol. The van der Waals surface area contributed by atoms with E-state index in [1.807, 2.05) is 13.8 Å². The van der Waals surface area contributed by atoms with E-state index in [2.05, 4.69) is 10.2 Å². The Morgan fingerprint density at radius 2 is 2.12 bits per heavy atom. The number of aliphatic hydroxyl groups is 1. The number of carbonyl (C=O) groups excluding carboxylic acids is 1. The van der Waals surface area contributed by atoms with Gasteiger partial charge >= 0.3 is 0 Å². The van der Waals surface area contributed by atoms with Crippen molar-refractivity contribution in [2.45, 2.75) is 26.8 Å². The van der Waals surface area contributed by atoms with Crippen LogP contribution in [0.15, 0.2) is 12.1 Å². The van der Waals surface area contributed by atoms with Gasteiger partial charge in [0.05, 0.1) is 13.2 Å². The number of carbonyl (C=O) groups is 1. The molecule has 0 aromatic heterocycles. The largest absolute Gasteiger partial charge is 0.394 e. The van der Waals surface area contributed by atoms with Gasteiger partial charge in [-0.15, -0.1) is 0 Å². The third kappa shape index (κ3) is 2.83. The van der Waals surface area contributed by atoms with E-state index >= 15 is 0 Å². The Kier molecular flexibility index (Phi) is 4.24. The van der Waals surface area contributed by atoms with E-state index in [4.69, 9.17) is 11.7 Å². The van der Waals surface area contributed by atoms with E-state index in [-0.39, 0.29) is 12.4 Å². The first kappa shape index (κ1) is 13.2. The molecule has 4 heteroatoms. The van der Waals surface area contributed by atoms with Gasteiger partial charge in [0, 0.05) is 5.69 Å². The number of hydrogen-bond acceptors (Lipinski definition) is 3. The number of ketones is 1. The molecule has 0 aliphatic heterocycles. The SMILES string of the molecule is [C-]#[N+]c1ccc(N[C@H](CO)C(C)=O)c(C)c1C. The predicted octanol–water partition coefficient (Wildman–Crippen LogP) is 2.22. The zero-order valence-corrected chi connectivity index (χ0v) is 10.2. The maximum atomic E-state index is 11.2. The fourth-order valence-electron chi connectivity index (χ4n) is 1.55. The second-order valence-corrected chi connectivity index (χ2v) is 3.98. The Bertz CT molecular complexity index is 475. The molecule has 0 unspecified atom stereocenters. The summed E-state index contributed by atoms with van der Waals surface area (Å²) in [6.07, 6.45) is 0. The maximum Gasteiger partial charge on any atom is 0.190 e. The number of rotatable bonds is 4. The summed E-state index contributed by atoms with van der Waals surface area (Å²) in [6, 6.07) is 2.89. The molecule has 0 saturated carbocycles. The summed E-state index contributed by atoms with van der Waals surface area (Å²) in [6.45, 7) is 12.0. The molecule has 0 aliphatic carbocycles. The Morgan fingerprint density at radius 3 is 2.59 bits per heavy atom. The van der Waals surface area contributed by atoms with Crippen molar-refractivity contribution in [2.75, 3.05) is 11.9 Å². The van der Waals surface area contributed by atoms with E-state index in [0.29, 0.717) is 5.69 Å². The number of anilines is 1. The summed E-state index contributed by atoms with van der Waals surface area (Å²) in [5.41, 5.74) is 3.21. The van der Waals surface area contributed by atoms with Crippen LogP contribution in [0.1, 0.15) is 18.1 Å². The third-order valence-electron chi connectivity index (χ3n) is 2.88. The average Bonchev–Trinajstić information content (AvgIpc) is 2.30. The van der Waals surface area contributed by atoms with Crippen molar-refractivity contribution < 1.29 is 9.90 Å². The van der Waals surface area contributed by atoms with Crippen LogP contribution in [0.2, 0.25) is 0 Å². The molecule has 0 spiro atoms. The van der Waals surface area contributed by atoms with Crippen LogP contribution in [0.5, 0.6) is 0 Å². The van der Waals surface area contributed by atoms with E-state index < -0.39 is 6.04 Å². The second-order valence-electron chi connectivity index (χ2n) is 3.98. The lowest BCUT2D eigenvalue weighted by atomic mass is 10.0. The molecule has 1 rings (SSSR count). The molecule has 0 bridgehead atoms. The molecule has 2 N–H and O–H groups in total. The van der Waals surface area contributed by atoms with E-state index in [1.165, 1.54) is 6.92 Å². The monoisotopic (exact) mass is 232 g/mol. The molecule has 0 saturated heterocycles. The van der Waals surface area contributed by atoms with Gasteiger partial charge in [-0.05, 0) is 38.0 Å². The van der Waals surface area contributed by atoms with Gasteiger partial charge in [0.2, 0.25) is 0 Å². The number of nitrogens with zero attached hydrogens (tertiary/aromatic N) is 1. The van der Waals surface area contributed by atoms with Gasteiger partial charge in [-0.2, -0.15) is 0 Å². The minimum absolute atomic E-state index is 0.112. The van der Waals surface area contributed by atoms with Gasteiger partial charge in [-0.3, -0.25) is 4.79 Å². The average molecular weight is 232 g/mol. The standard InChI is InChI=1S/C13H16N2O2/c1-8-9(2)12(6-5-11(8)14-4)15-13(7-16)10(3)17/h5-6,13,15-16H,7H2,1-3H3/t13-/m1/s1. The Balaban J connectivity index is 3.05. The number of aliphatic hydroxyl groups excluding tert-OH is 1. The molecule has 0 radical (unpaired) electrons. The van der Waals surface area contributed by atoms with Gasteiger partial charge in [-0.1, -0.05) is 6.07 Å². The zero-order valence-electron chi connectivity index (χ0n) is 10.2. The van der Waals surface area contributed by atoms with Gasteiger partial charge in [0.15, 0.2) is 11.5 Å². The topological polar surface area (TPSA) is 53.7 Å². The number of benzene rings is 1. The predicted molar refractivity (Wildman–Crippen MR) is 67.4 cm³/mol. The van der Waals surface area contributed by atoms with Crippen molar-refractivity contribution in [3.05, 3.63) is 34.7 Å². The van der Waals surface area contributed by atoms with Crippen LogP contribution in [0.4, 0.5) is 11.4 Å². The second kappa shape index (κ2) is 5.46. The molecule has 1 atom stereocenters. The minimum Gasteiger partial charge on any atom is -0.394 e. The maximum absolute atomic E-state index is 11.2. The highest BCUT2D eigenvalue weighted by Crippen LogP contribution is 2.28. The summed E-state index contributed by atoms with van der Waals surface area (Å²) in [5, 5.41) is 12.1. The van der Waals surface area contributed by atoms with Crippen molar-refractivity contribution in [3.8, 4) is 0 Å². The summed E-state index contributed by atoms with van der Waals surface area (Å²) in [4.78, 5) is 14.6. The van der Waals surface area contributed by atoms with Crippen molar-refractivity contribution in [3.63, 3.8) is 0 Å². The van der Waals surface area contributed by atoms with Crippen LogP contribution < -0.4 is 5.32 Å². The Morgan fingerprint density at radius 1 is 1.47 bits per heavy atom. The normalized spacial score (nSPS) is 11.7. The highest BCUT2D eigenvalue weighted by atomic mass is 16.3. The lowest BCUT2D eigenvalue weighted by Gasteiger charge is -2.18. The minimum atomic E-state index is -0.591. The molecule has 17 heavy (non-hydrogen) atoms. The number of nitrogens with one attached hydrogen (secondary N) is 1. The van der Waals surface area contributed by atoms with Crippen LogP contribution in [-0.2, 0) is 4.79 Å². The van der Waals surface area contributed by atoms with Crippen LogP contribution in [-0.4, -0.2) is 23.5 Å². The first-order valence-corrected chi connectivity index (χ1v) is 5.36. The molecule has 0 aliphatic rings. The van der Waals surface area contributed by atoms with Crippen LogP contribution in [0, 0.1) is 20.4 Å². The molecular formula is C13H16N2O2. The van der Waals surface area contributed by atoms with Crippen LogP contribution >= 0.6 is 0 Å². The number of hydrogen-bond donors (Lipinski definition) is 2. The molecule has 1 aromatic carbocycles. The zero-order chi connectivity index (χ0) is 13.0. The number of Topliss-reactive ketones (excluding diaryl/α,β-unsaturated/α-hetero) is 1. The highest BCUT2D eigenvalue weighted by Gasteiger charge is 2.14. The van der Waals surface area contributed by atoms with E-state index in [1.54, 1.807) is 12.1 Å². The van der Waals surface area contributed by atoms with Gasteiger partial charge < -0.3 is 10.4 Å². The Hall–Kier alpha value is -1.86. The first-order valence-electron chi connectivity index (χ1n) is 5.36. The fraction of sp³-hybridized carbons (Fsp3) is 0.385. The molecule has 4 nitrogen and oxygen atoms in total. The lowest BCUT2D eigenvalue weighted by molar-refractivity contribution is -0.118. The van der Waals surface area contributed by atoms with E-state index in [0.717, 1.165) is 16.8 Å². The smallest absolute Gasteiger partial charge is 0.190 e. The molecule has 0 fully saturated rings. The quantitative estimate of drug-likeness (QED) is 0.783. The molecule has 0 amide bonds. The highest BCUT2D eigenvalue weighted by molar-refractivity contribution is 5.85.